The van der Waals surface area contributed by atoms with Crippen LogP contribution in [-0.4, -0.2) is 84.1 Å². The Morgan fingerprint density at radius 1 is 0.667 bits per heavy atom. The third kappa shape index (κ3) is 13.4. The Labute approximate surface area is 376 Å². The van der Waals surface area contributed by atoms with E-state index >= 15 is 0 Å². The Morgan fingerprint density at radius 3 is 1.49 bits per heavy atom. The van der Waals surface area contributed by atoms with Crippen LogP contribution >= 0.6 is 0 Å². The molecule has 296 valence electrons. The van der Waals surface area contributed by atoms with Gasteiger partial charge in [0.15, 0.2) is 0 Å². The van der Waals surface area contributed by atoms with Gasteiger partial charge in [-0.1, -0.05) is 25.3 Å². The molecule has 20 heteroatoms. The fourth-order valence-corrected chi connectivity index (χ4v) is 7.14. The van der Waals surface area contributed by atoms with Gasteiger partial charge in [-0.05, 0) is 80.5 Å². The van der Waals surface area contributed by atoms with Crippen LogP contribution in [0, 0.1) is 13.8 Å². The minimum atomic E-state index is -4.52. The molecule has 4 rings (SSSR count). The number of aromatic nitrogens is 2. The molecule has 0 aliphatic carbocycles. The van der Waals surface area contributed by atoms with E-state index in [-0.39, 0.29) is 116 Å². The average Bonchev–Trinajstić information content (AvgIpc) is 3.73. The molecule has 2 aromatic rings. The first-order valence-electron chi connectivity index (χ1n) is 17.3. The maximum absolute atomic E-state index is 12.7. The second-order valence-electron chi connectivity index (χ2n) is 13.2. The van der Waals surface area contributed by atoms with Gasteiger partial charge in [0.1, 0.15) is 0 Å². The molecule has 4 heterocycles. The summed E-state index contributed by atoms with van der Waals surface area (Å²) in [6.07, 6.45) is 7.18. The molecule has 16 nitrogen and oxygen atoms in total. The van der Waals surface area contributed by atoms with Gasteiger partial charge in [-0.3, -0.25) is 19.2 Å². The Kier molecular flexibility index (Phi) is 18.5. The topological polar surface area (TPSA) is 262 Å². The van der Waals surface area contributed by atoms with E-state index in [1.54, 1.807) is 32.1 Å². The number of amides is 4. The van der Waals surface area contributed by atoms with Gasteiger partial charge in [-0.25, -0.2) is 16.8 Å². The number of carbonyl (C=O) groups excluding carboxylic acids is 4. The average molecular weight is 843 g/mol. The van der Waals surface area contributed by atoms with E-state index in [2.05, 4.69) is 44.4 Å². The molecular formula is C37H44N6Na2O10S2. The Morgan fingerprint density at radius 2 is 1.09 bits per heavy atom. The summed E-state index contributed by atoms with van der Waals surface area (Å²) >= 11 is 0. The van der Waals surface area contributed by atoms with Crippen LogP contribution in [0.15, 0.2) is 59.0 Å². The standard InChI is InChI=1S/C37H46N6O10S2.2Na/c1-7-24-23(6)36(46)43-31(24)18-29-22(5)27(10-12-35(45)39-14-16-55(51,52)53)33(41-29)19-32-26(9-11-34(44)38-13-15-54(48,49)50)21(4)28(40-32)17-30-20(3)25(8-2)37(47)42-30;;/h7-8,17-18,40-41H,1-2,9-16,19H2,3-6H3,(H,38,44)(H,39,45)(H,42,47)(H,43,46)(H,48,49,50)(H,51,52,53);;/q;2*+1/p-2. The Bertz CT molecular complexity index is 2320. The molecule has 0 atom stereocenters. The molecule has 4 amide bonds. The van der Waals surface area contributed by atoms with Crippen molar-refractivity contribution in [2.45, 2.75) is 59.8 Å². The molecule has 0 radical (unpaired) electrons. The molecule has 0 spiro atoms. The van der Waals surface area contributed by atoms with Crippen LogP contribution in [0.4, 0.5) is 0 Å². The van der Waals surface area contributed by atoms with Crippen molar-refractivity contribution in [2.24, 2.45) is 0 Å². The number of aromatic amines is 2. The summed E-state index contributed by atoms with van der Waals surface area (Å²) in [6, 6.07) is 0. The summed E-state index contributed by atoms with van der Waals surface area (Å²) in [6.45, 7) is 14.1. The first-order chi connectivity index (χ1) is 25.7. The van der Waals surface area contributed by atoms with Gasteiger partial charge in [0.2, 0.25) is 11.8 Å². The molecule has 2 aromatic heterocycles. The number of H-pyrrole nitrogens is 2. The number of rotatable bonds is 18. The fourth-order valence-electron chi connectivity index (χ4n) is 6.43. The maximum Gasteiger partial charge on any atom is 1.00 e. The zero-order chi connectivity index (χ0) is 40.8. The largest absolute Gasteiger partial charge is 1.00 e. The van der Waals surface area contributed by atoms with Crippen molar-refractivity contribution in [1.82, 2.24) is 31.2 Å². The Balaban J connectivity index is 0.00000561. The van der Waals surface area contributed by atoms with Crippen LogP contribution in [0.25, 0.3) is 12.2 Å². The molecule has 0 fully saturated rings. The van der Waals surface area contributed by atoms with Crippen LogP contribution in [0.3, 0.4) is 0 Å². The zero-order valence-electron chi connectivity index (χ0n) is 33.0. The second-order valence-corrected chi connectivity index (χ2v) is 16.2. The van der Waals surface area contributed by atoms with Crippen LogP contribution in [0.5, 0.6) is 0 Å². The van der Waals surface area contributed by atoms with Crippen molar-refractivity contribution in [3.05, 3.63) is 104 Å². The number of hydrogen-bond donors (Lipinski definition) is 6. The van der Waals surface area contributed by atoms with Gasteiger partial charge in [0.25, 0.3) is 11.8 Å². The van der Waals surface area contributed by atoms with Crippen molar-refractivity contribution < 1.29 is 104 Å². The van der Waals surface area contributed by atoms with Crippen LogP contribution in [0.2, 0.25) is 0 Å². The minimum absolute atomic E-state index is 0. The van der Waals surface area contributed by atoms with Crippen molar-refractivity contribution >= 4 is 56.0 Å². The molecule has 0 saturated carbocycles. The molecule has 2 aliphatic rings. The molecule has 0 saturated heterocycles. The third-order valence-corrected chi connectivity index (χ3v) is 10.9. The van der Waals surface area contributed by atoms with E-state index in [1.807, 2.05) is 13.8 Å². The van der Waals surface area contributed by atoms with E-state index < -0.39 is 43.6 Å². The van der Waals surface area contributed by atoms with Crippen molar-refractivity contribution in [1.29, 1.82) is 0 Å². The predicted molar refractivity (Wildman–Crippen MR) is 204 cm³/mol. The summed E-state index contributed by atoms with van der Waals surface area (Å²) in [5, 5.41) is 10.6. The van der Waals surface area contributed by atoms with E-state index in [4.69, 9.17) is 0 Å². The van der Waals surface area contributed by atoms with Crippen molar-refractivity contribution in [3.63, 3.8) is 0 Å². The Hall–Kier alpha value is -3.30. The predicted octanol–water partition coefficient (Wildman–Crippen LogP) is -4.31. The first kappa shape index (κ1) is 49.8. The van der Waals surface area contributed by atoms with Gasteiger partial charge in [-0.15, -0.1) is 0 Å². The maximum atomic E-state index is 12.7. The summed E-state index contributed by atoms with van der Waals surface area (Å²) in [4.78, 5) is 57.3. The third-order valence-electron chi connectivity index (χ3n) is 9.49. The monoisotopic (exact) mass is 842 g/mol. The normalized spacial score (nSPS) is 15.7. The molecular weight excluding hydrogens is 799 g/mol. The second kappa shape index (κ2) is 21.1. The molecule has 0 unspecified atom stereocenters. The van der Waals surface area contributed by atoms with E-state index in [0.29, 0.717) is 56.5 Å². The molecule has 0 aromatic carbocycles. The molecule has 0 bridgehead atoms. The van der Waals surface area contributed by atoms with Crippen molar-refractivity contribution in [3.8, 4) is 0 Å². The molecule has 6 N–H and O–H groups in total. The zero-order valence-corrected chi connectivity index (χ0v) is 38.6. The van der Waals surface area contributed by atoms with Gasteiger partial charge < -0.3 is 40.3 Å². The van der Waals surface area contributed by atoms with Gasteiger partial charge in [-0.2, -0.15) is 0 Å². The van der Waals surface area contributed by atoms with E-state index in [1.165, 1.54) is 6.08 Å². The molecule has 57 heavy (non-hydrogen) atoms. The first-order valence-corrected chi connectivity index (χ1v) is 20.4. The summed E-state index contributed by atoms with van der Waals surface area (Å²) in [5.41, 5.74) is 9.07. The summed E-state index contributed by atoms with van der Waals surface area (Å²) < 4.78 is 66.1. The van der Waals surface area contributed by atoms with Crippen LogP contribution in [-0.2, 0) is 58.7 Å². The van der Waals surface area contributed by atoms with Gasteiger partial charge >= 0.3 is 59.1 Å². The summed E-state index contributed by atoms with van der Waals surface area (Å²) in [5.74, 6) is -2.98. The molecule has 2 aliphatic heterocycles. The van der Waals surface area contributed by atoms with Crippen LogP contribution < -0.4 is 80.4 Å². The quantitative estimate of drug-likeness (QED) is 0.0622. The SMILES string of the molecule is C=CC1=C(C)C(=Cc2[nH]c(Cc3[nH]c(C=C4NC(=O)C(C)=C4C=C)c(C)c3CCC(=O)NCCS(=O)(=O)[O-])c(CCC(=O)NCCS(=O)(=O)[O-])c2C)NC1=O.[Na+].[Na+]. The van der Waals surface area contributed by atoms with E-state index in [9.17, 15) is 45.1 Å². The number of nitrogens with one attached hydrogen (secondary N) is 6. The number of carbonyl (C=O) groups is 4. The fraction of sp³-hybridized carbons (Fsp3) is 0.351. The number of hydrogen-bond acceptors (Lipinski definition) is 10. The number of allylic oxidation sites excluding steroid dienone is 2. The van der Waals surface area contributed by atoms with Crippen LogP contribution in [0.1, 0.15) is 71.7 Å². The minimum Gasteiger partial charge on any atom is -0.748 e. The smallest absolute Gasteiger partial charge is 0.748 e. The van der Waals surface area contributed by atoms with Gasteiger partial charge in [0.05, 0.1) is 37.4 Å². The van der Waals surface area contributed by atoms with Crippen molar-refractivity contribution in [2.75, 3.05) is 24.6 Å². The summed E-state index contributed by atoms with van der Waals surface area (Å²) in [7, 11) is -9.03. The van der Waals surface area contributed by atoms with Gasteiger partial charge in [0, 0.05) is 77.5 Å². The van der Waals surface area contributed by atoms with E-state index in [0.717, 1.165) is 22.3 Å².